The van der Waals surface area contributed by atoms with Gasteiger partial charge in [-0.1, -0.05) is 0 Å². The summed E-state index contributed by atoms with van der Waals surface area (Å²) < 4.78 is 4.84. The van der Waals surface area contributed by atoms with Crippen LogP contribution >= 0.6 is 0 Å². The van der Waals surface area contributed by atoms with Gasteiger partial charge in [0.05, 0.1) is 18.6 Å². The number of nitrogens with zero attached hydrogens (tertiary/aromatic N) is 2. The Bertz CT molecular complexity index is 461. The Hall–Kier alpha value is -2.15. The van der Waals surface area contributed by atoms with Gasteiger partial charge >= 0.3 is 5.69 Å². The maximum absolute atomic E-state index is 11.9. The van der Waals surface area contributed by atoms with E-state index >= 15 is 0 Å². The van der Waals surface area contributed by atoms with Crippen LogP contribution < -0.4 is 4.74 Å². The molecule has 0 aliphatic rings. The molecular formula is C11H14N2O5. The van der Waals surface area contributed by atoms with E-state index in [1.165, 1.54) is 31.2 Å². The number of aliphatic hydroxyl groups excluding tert-OH is 1. The number of amides is 1. The summed E-state index contributed by atoms with van der Waals surface area (Å²) in [6.45, 7) is -0.000845. The molecule has 0 unspecified atom stereocenters. The molecule has 0 aliphatic heterocycles. The van der Waals surface area contributed by atoms with Gasteiger partial charge < -0.3 is 14.7 Å². The summed E-state index contributed by atoms with van der Waals surface area (Å²) in [6, 6.07) is 3.98. The van der Waals surface area contributed by atoms with E-state index in [-0.39, 0.29) is 30.2 Å². The summed E-state index contributed by atoms with van der Waals surface area (Å²) in [6.07, 6.45) is 0. The molecule has 0 saturated carbocycles. The topological polar surface area (TPSA) is 92.9 Å². The lowest BCUT2D eigenvalue weighted by Crippen LogP contribution is -2.29. The van der Waals surface area contributed by atoms with Crippen molar-refractivity contribution in [1.82, 2.24) is 4.90 Å². The number of carbonyl (C=O) groups is 1. The standard InChI is InChI=1S/C11H14N2O5/c1-12(5-6-14)11(15)8-3-4-10(18-2)9(7-8)13(16)17/h3-4,7,14H,5-6H2,1-2H3. The molecule has 98 valence electrons. The number of aliphatic hydroxyl groups is 1. The molecule has 1 aromatic rings. The predicted molar refractivity (Wildman–Crippen MR) is 63.7 cm³/mol. The average Bonchev–Trinajstić information content (AvgIpc) is 2.37. The lowest BCUT2D eigenvalue weighted by Gasteiger charge is -2.15. The highest BCUT2D eigenvalue weighted by Crippen LogP contribution is 2.27. The minimum absolute atomic E-state index is 0.0985. The van der Waals surface area contributed by atoms with Crippen molar-refractivity contribution in [3.63, 3.8) is 0 Å². The van der Waals surface area contributed by atoms with Crippen molar-refractivity contribution >= 4 is 11.6 Å². The van der Waals surface area contributed by atoms with Crippen molar-refractivity contribution in [2.75, 3.05) is 27.3 Å². The molecule has 18 heavy (non-hydrogen) atoms. The molecular weight excluding hydrogens is 240 g/mol. The molecule has 1 aromatic carbocycles. The monoisotopic (exact) mass is 254 g/mol. The minimum atomic E-state index is -0.609. The van der Waals surface area contributed by atoms with Crippen LogP contribution in [0.4, 0.5) is 5.69 Å². The molecule has 1 amide bonds. The number of likely N-dealkylation sites (N-methyl/N-ethyl adjacent to an activating group) is 1. The zero-order valence-electron chi connectivity index (χ0n) is 10.1. The van der Waals surface area contributed by atoms with Crippen molar-refractivity contribution in [3.8, 4) is 5.75 Å². The quantitative estimate of drug-likeness (QED) is 0.615. The first-order chi connectivity index (χ1) is 8.51. The summed E-state index contributed by atoms with van der Waals surface area (Å²) >= 11 is 0. The molecule has 0 saturated heterocycles. The van der Waals surface area contributed by atoms with E-state index in [0.29, 0.717) is 0 Å². The van der Waals surface area contributed by atoms with E-state index in [9.17, 15) is 14.9 Å². The van der Waals surface area contributed by atoms with Crippen molar-refractivity contribution in [1.29, 1.82) is 0 Å². The average molecular weight is 254 g/mol. The third-order valence-corrected chi connectivity index (χ3v) is 2.40. The lowest BCUT2D eigenvalue weighted by molar-refractivity contribution is -0.385. The fourth-order valence-electron chi connectivity index (χ4n) is 1.44. The third-order valence-electron chi connectivity index (χ3n) is 2.40. The Morgan fingerprint density at radius 3 is 2.72 bits per heavy atom. The lowest BCUT2D eigenvalue weighted by atomic mass is 10.1. The fraction of sp³-hybridized carbons (Fsp3) is 0.364. The first-order valence-electron chi connectivity index (χ1n) is 5.20. The Kier molecular flexibility index (Phi) is 4.61. The molecule has 0 heterocycles. The van der Waals surface area contributed by atoms with Gasteiger partial charge in [-0.15, -0.1) is 0 Å². The van der Waals surface area contributed by atoms with E-state index in [1.54, 1.807) is 0 Å². The van der Waals surface area contributed by atoms with Gasteiger partial charge in [-0.25, -0.2) is 0 Å². The molecule has 1 rings (SSSR count). The van der Waals surface area contributed by atoms with Crippen LogP contribution in [-0.4, -0.2) is 48.1 Å². The van der Waals surface area contributed by atoms with Crippen molar-refractivity contribution in [2.24, 2.45) is 0 Å². The van der Waals surface area contributed by atoms with Crippen LogP contribution in [-0.2, 0) is 0 Å². The number of rotatable bonds is 5. The normalized spacial score (nSPS) is 9.94. The Morgan fingerprint density at radius 2 is 2.22 bits per heavy atom. The van der Waals surface area contributed by atoms with Crippen LogP contribution in [0.1, 0.15) is 10.4 Å². The van der Waals surface area contributed by atoms with Crippen molar-refractivity contribution in [2.45, 2.75) is 0 Å². The highest BCUT2D eigenvalue weighted by Gasteiger charge is 2.19. The number of ether oxygens (including phenoxy) is 1. The van der Waals surface area contributed by atoms with Crippen LogP contribution in [0.15, 0.2) is 18.2 Å². The van der Waals surface area contributed by atoms with E-state index in [0.717, 1.165) is 6.07 Å². The predicted octanol–water partition coefficient (Wildman–Crippen LogP) is 0.668. The van der Waals surface area contributed by atoms with E-state index in [1.807, 2.05) is 0 Å². The summed E-state index contributed by atoms with van der Waals surface area (Å²) in [5.41, 5.74) is -0.0841. The first-order valence-corrected chi connectivity index (χ1v) is 5.20. The van der Waals surface area contributed by atoms with Crippen molar-refractivity contribution < 1.29 is 19.6 Å². The molecule has 0 atom stereocenters. The number of benzene rings is 1. The number of carbonyl (C=O) groups excluding carboxylic acids is 1. The second-order valence-corrected chi connectivity index (χ2v) is 3.59. The van der Waals surface area contributed by atoms with Gasteiger partial charge in [0.15, 0.2) is 5.75 Å². The highest BCUT2D eigenvalue weighted by molar-refractivity contribution is 5.95. The Balaban J connectivity index is 3.08. The van der Waals surface area contributed by atoms with Gasteiger partial charge in [-0.05, 0) is 12.1 Å². The molecule has 7 heteroatoms. The van der Waals surface area contributed by atoms with Crippen LogP contribution in [0.25, 0.3) is 0 Å². The number of nitro benzene ring substituents is 1. The molecule has 0 spiro atoms. The maximum atomic E-state index is 11.9. The summed E-state index contributed by atoms with van der Waals surface area (Å²) in [7, 11) is 2.83. The molecule has 1 N–H and O–H groups in total. The zero-order valence-corrected chi connectivity index (χ0v) is 10.1. The molecule has 0 aromatic heterocycles. The molecule has 0 aliphatic carbocycles. The molecule has 0 bridgehead atoms. The second-order valence-electron chi connectivity index (χ2n) is 3.59. The zero-order chi connectivity index (χ0) is 13.7. The third kappa shape index (κ3) is 2.95. The summed E-state index contributed by atoms with van der Waals surface area (Å²) in [5.74, 6) is -0.295. The fourth-order valence-corrected chi connectivity index (χ4v) is 1.44. The Labute approximate surface area is 104 Å². The summed E-state index contributed by atoms with van der Waals surface area (Å²) in [4.78, 5) is 23.3. The second kappa shape index (κ2) is 5.97. The smallest absolute Gasteiger partial charge is 0.311 e. The number of nitro groups is 1. The van der Waals surface area contributed by atoms with Crippen LogP contribution in [0.5, 0.6) is 5.75 Å². The van der Waals surface area contributed by atoms with Gasteiger partial charge in [0, 0.05) is 25.2 Å². The van der Waals surface area contributed by atoms with Crippen molar-refractivity contribution in [3.05, 3.63) is 33.9 Å². The van der Waals surface area contributed by atoms with Crippen LogP contribution in [0.2, 0.25) is 0 Å². The van der Waals surface area contributed by atoms with Crippen LogP contribution in [0.3, 0.4) is 0 Å². The highest BCUT2D eigenvalue weighted by atomic mass is 16.6. The van der Waals surface area contributed by atoms with Gasteiger partial charge in [0.25, 0.3) is 5.91 Å². The Morgan fingerprint density at radius 1 is 1.56 bits per heavy atom. The molecule has 0 fully saturated rings. The maximum Gasteiger partial charge on any atom is 0.311 e. The van der Waals surface area contributed by atoms with Gasteiger partial charge in [-0.2, -0.15) is 0 Å². The van der Waals surface area contributed by atoms with Gasteiger partial charge in [0.2, 0.25) is 0 Å². The van der Waals surface area contributed by atoms with E-state index in [4.69, 9.17) is 9.84 Å². The number of hydrogen-bond donors (Lipinski definition) is 1. The minimum Gasteiger partial charge on any atom is -0.490 e. The number of methoxy groups -OCH3 is 1. The molecule has 7 nitrogen and oxygen atoms in total. The first kappa shape index (κ1) is 13.9. The van der Waals surface area contributed by atoms with Gasteiger partial charge in [0.1, 0.15) is 0 Å². The summed E-state index contributed by atoms with van der Waals surface area (Å²) in [5, 5.41) is 19.5. The van der Waals surface area contributed by atoms with Gasteiger partial charge in [-0.3, -0.25) is 14.9 Å². The largest absolute Gasteiger partial charge is 0.490 e. The van der Waals surface area contributed by atoms with E-state index in [2.05, 4.69) is 0 Å². The van der Waals surface area contributed by atoms with Crippen LogP contribution in [0, 0.1) is 10.1 Å². The number of hydrogen-bond acceptors (Lipinski definition) is 5. The molecule has 0 radical (unpaired) electrons. The SMILES string of the molecule is COc1ccc(C(=O)N(C)CCO)cc1[N+](=O)[O-]. The van der Waals surface area contributed by atoms with E-state index < -0.39 is 10.8 Å².